The molecular formula is C13H18N4O2. The van der Waals surface area contributed by atoms with Gasteiger partial charge in [-0.25, -0.2) is 14.8 Å². The zero-order valence-corrected chi connectivity index (χ0v) is 10.8. The largest absolute Gasteiger partial charge is 0.480 e. The molecular weight excluding hydrogens is 244 g/mol. The van der Waals surface area contributed by atoms with Crippen molar-refractivity contribution < 1.29 is 9.90 Å². The minimum Gasteiger partial charge on any atom is -0.480 e. The van der Waals surface area contributed by atoms with Gasteiger partial charge in [-0.2, -0.15) is 0 Å². The van der Waals surface area contributed by atoms with Crippen LogP contribution in [0, 0.1) is 0 Å². The Hall–Kier alpha value is -1.85. The molecule has 6 heteroatoms. The second-order valence-corrected chi connectivity index (χ2v) is 5.12. The quantitative estimate of drug-likeness (QED) is 0.880. The van der Waals surface area contributed by atoms with Gasteiger partial charge in [0.2, 0.25) is 0 Å². The third-order valence-electron chi connectivity index (χ3n) is 3.90. The highest BCUT2D eigenvalue weighted by Crippen LogP contribution is 2.27. The van der Waals surface area contributed by atoms with Crippen molar-refractivity contribution in [2.24, 2.45) is 0 Å². The zero-order valence-electron chi connectivity index (χ0n) is 10.8. The second-order valence-electron chi connectivity index (χ2n) is 5.12. The van der Waals surface area contributed by atoms with Crippen molar-refractivity contribution in [3.63, 3.8) is 0 Å². The van der Waals surface area contributed by atoms with E-state index in [-0.39, 0.29) is 0 Å². The molecule has 0 amide bonds. The molecule has 1 aromatic rings. The molecule has 2 aliphatic rings. The van der Waals surface area contributed by atoms with Crippen molar-refractivity contribution >= 4 is 17.6 Å². The number of anilines is 2. The number of hydrogen-bond acceptors (Lipinski definition) is 5. The molecule has 2 saturated heterocycles. The molecule has 1 unspecified atom stereocenters. The van der Waals surface area contributed by atoms with Gasteiger partial charge in [0.25, 0.3) is 0 Å². The monoisotopic (exact) mass is 262 g/mol. The first-order chi connectivity index (χ1) is 9.25. The van der Waals surface area contributed by atoms with E-state index in [1.807, 2.05) is 11.0 Å². The van der Waals surface area contributed by atoms with Crippen molar-refractivity contribution in [1.29, 1.82) is 0 Å². The van der Waals surface area contributed by atoms with Gasteiger partial charge in [0.05, 0.1) is 0 Å². The average Bonchev–Trinajstić information content (AvgIpc) is 3.10. The molecule has 3 heterocycles. The highest BCUT2D eigenvalue weighted by molar-refractivity contribution is 5.78. The van der Waals surface area contributed by atoms with E-state index in [9.17, 15) is 9.90 Å². The minimum atomic E-state index is -0.765. The van der Waals surface area contributed by atoms with E-state index >= 15 is 0 Å². The van der Waals surface area contributed by atoms with Gasteiger partial charge in [-0.05, 0) is 25.7 Å². The molecule has 1 atom stereocenters. The minimum absolute atomic E-state index is 0.443. The fourth-order valence-corrected chi connectivity index (χ4v) is 2.91. The second kappa shape index (κ2) is 5.03. The molecule has 0 saturated carbocycles. The maximum Gasteiger partial charge on any atom is 0.326 e. The molecule has 2 aliphatic heterocycles. The van der Waals surface area contributed by atoms with E-state index < -0.39 is 12.0 Å². The molecule has 0 spiro atoms. The summed E-state index contributed by atoms with van der Waals surface area (Å²) in [6, 6.07) is 1.48. The van der Waals surface area contributed by atoms with Gasteiger partial charge < -0.3 is 14.9 Å². The molecule has 19 heavy (non-hydrogen) atoms. The average molecular weight is 262 g/mol. The van der Waals surface area contributed by atoms with Crippen LogP contribution in [0.3, 0.4) is 0 Å². The van der Waals surface area contributed by atoms with Gasteiger partial charge in [-0.3, -0.25) is 0 Å². The zero-order chi connectivity index (χ0) is 13.2. The lowest BCUT2D eigenvalue weighted by molar-refractivity contribution is -0.138. The summed E-state index contributed by atoms with van der Waals surface area (Å²) < 4.78 is 0. The number of carbonyl (C=O) groups is 1. The van der Waals surface area contributed by atoms with Crippen LogP contribution in [-0.4, -0.2) is 46.7 Å². The van der Waals surface area contributed by atoms with Crippen LogP contribution in [-0.2, 0) is 4.79 Å². The Balaban J connectivity index is 1.84. The van der Waals surface area contributed by atoms with Gasteiger partial charge in [0.1, 0.15) is 24.0 Å². The van der Waals surface area contributed by atoms with Crippen molar-refractivity contribution in [2.75, 3.05) is 29.4 Å². The lowest BCUT2D eigenvalue weighted by Gasteiger charge is -2.24. The first-order valence-corrected chi connectivity index (χ1v) is 6.82. The fraction of sp³-hybridized carbons (Fsp3) is 0.615. The summed E-state index contributed by atoms with van der Waals surface area (Å²) in [5.74, 6) is 0.888. The summed E-state index contributed by atoms with van der Waals surface area (Å²) in [7, 11) is 0. The summed E-state index contributed by atoms with van der Waals surface area (Å²) in [5.41, 5.74) is 0. The predicted molar refractivity (Wildman–Crippen MR) is 71.5 cm³/mol. The standard InChI is InChI=1S/C13H18N4O2/c18-13(19)10-4-3-7-17(10)12-8-11(14-9-15-12)16-5-1-2-6-16/h8-10H,1-7H2,(H,18,19). The van der Waals surface area contributed by atoms with Crippen LogP contribution in [0.2, 0.25) is 0 Å². The van der Waals surface area contributed by atoms with Crippen molar-refractivity contribution in [1.82, 2.24) is 9.97 Å². The normalized spacial score (nSPS) is 23.1. The van der Waals surface area contributed by atoms with Crippen LogP contribution >= 0.6 is 0 Å². The lowest BCUT2D eigenvalue weighted by Crippen LogP contribution is -2.36. The molecule has 102 valence electrons. The lowest BCUT2D eigenvalue weighted by atomic mass is 10.2. The first-order valence-electron chi connectivity index (χ1n) is 6.82. The molecule has 1 aromatic heterocycles. The van der Waals surface area contributed by atoms with Crippen LogP contribution in [0.1, 0.15) is 25.7 Å². The molecule has 6 nitrogen and oxygen atoms in total. The summed E-state index contributed by atoms with van der Waals surface area (Å²) in [4.78, 5) is 23.9. The Labute approximate surface area is 112 Å². The Morgan fingerprint density at radius 3 is 2.63 bits per heavy atom. The topological polar surface area (TPSA) is 69.6 Å². The first kappa shape index (κ1) is 12.2. The van der Waals surface area contributed by atoms with E-state index in [1.165, 1.54) is 12.8 Å². The number of aliphatic carboxylic acids is 1. The third kappa shape index (κ3) is 2.34. The van der Waals surface area contributed by atoms with Gasteiger partial charge in [-0.1, -0.05) is 0 Å². The van der Waals surface area contributed by atoms with Crippen LogP contribution < -0.4 is 9.80 Å². The fourth-order valence-electron chi connectivity index (χ4n) is 2.91. The highest BCUT2D eigenvalue weighted by Gasteiger charge is 2.31. The number of aromatic nitrogens is 2. The Morgan fingerprint density at radius 1 is 1.16 bits per heavy atom. The SMILES string of the molecule is O=C(O)C1CCCN1c1cc(N2CCCC2)ncn1. The number of hydrogen-bond donors (Lipinski definition) is 1. The summed E-state index contributed by atoms with van der Waals surface area (Å²) >= 11 is 0. The maximum atomic E-state index is 11.2. The smallest absolute Gasteiger partial charge is 0.326 e. The molecule has 1 N–H and O–H groups in total. The number of nitrogens with zero attached hydrogens (tertiary/aromatic N) is 4. The van der Waals surface area contributed by atoms with Crippen molar-refractivity contribution in [3.8, 4) is 0 Å². The Bertz CT molecular complexity index is 473. The molecule has 0 bridgehead atoms. The van der Waals surface area contributed by atoms with Gasteiger partial charge in [-0.15, -0.1) is 0 Å². The molecule has 0 aromatic carbocycles. The number of rotatable bonds is 3. The van der Waals surface area contributed by atoms with Crippen molar-refractivity contribution in [2.45, 2.75) is 31.7 Å². The Kier molecular flexibility index (Phi) is 3.23. The van der Waals surface area contributed by atoms with Crippen LogP contribution in [0.4, 0.5) is 11.6 Å². The van der Waals surface area contributed by atoms with E-state index in [4.69, 9.17) is 0 Å². The van der Waals surface area contributed by atoms with Crippen LogP contribution in [0.5, 0.6) is 0 Å². The van der Waals surface area contributed by atoms with Gasteiger partial charge in [0, 0.05) is 25.7 Å². The number of carboxylic acids is 1. The molecule has 3 rings (SSSR count). The highest BCUT2D eigenvalue weighted by atomic mass is 16.4. The van der Waals surface area contributed by atoms with Crippen LogP contribution in [0.25, 0.3) is 0 Å². The molecule has 2 fully saturated rings. The predicted octanol–water partition coefficient (Wildman–Crippen LogP) is 1.13. The molecule has 0 aliphatic carbocycles. The third-order valence-corrected chi connectivity index (χ3v) is 3.90. The Morgan fingerprint density at radius 2 is 1.89 bits per heavy atom. The van der Waals surface area contributed by atoms with Gasteiger partial charge in [0.15, 0.2) is 0 Å². The van der Waals surface area contributed by atoms with E-state index in [0.717, 1.165) is 37.7 Å². The molecule has 0 radical (unpaired) electrons. The van der Waals surface area contributed by atoms with Crippen LogP contribution in [0.15, 0.2) is 12.4 Å². The van der Waals surface area contributed by atoms with E-state index in [2.05, 4.69) is 14.9 Å². The summed E-state index contributed by atoms with van der Waals surface area (Å²) in [6.07, 6.45) is 5.53. The van der Waals surface area contributed by atoms with E-state index in [0.29, 0.717) is 6.42 Å². The van der Waals surface area contributed by atoms with Crippen molar-refractivity contribution in [3.05, 3.63) is 12.4 Å². The maximum absolute atomic E-state index is 11.2. The summed E-state index contributed by atoms with van der Waals surface area (Å²) in [5, 5.41) is 9.23. The van der Waals surface area contributed by atoms with E-state index in [1.54, 1.807) is 6.33 Å². The number of carboxylic acid groups (broad SMARTS) is 1. The summed E-state index contributed by atoms with van der Waals surface area (Å²) in [6.45, 7) is 2.81. The van der Waals surface area contributed by atoms with Gasteiger partial charge >= 0.3 is 5.97 Å².